The summed E-state index contributed by atoms with van der Waals surface area (Å²) in [5, 5.41) is 12.7. The van der Waals surface area contributed by atoms with E-state index in [1.807, 2.05) is 36.4 Å². The van der Waals surface area contributed by atoms with Gasteiger partial charge in [-0.1, -0.05) is 30.3 Å². The normalized spacial score (nSPS) is 10.2. The summed E-state index contributed by atoms with van der Waals surface area (Å²) in [6.07, 6.45) is 1.74. The Morgan fingerprint density at radius 1 is 0.875 bits per heavy atom. The summed E-state index contributed by atoms with van der Waals surface area (Å²) >= 11 is 0. The number of fused-ring (bicyclic) bond motifs is 3. The Morgan fingerprint density at radius 3 is 2.50 bits per heavy atom. The molecule has 0 bridgehead atoms. The summed E-state index contributed by atoms with van der Waals surface area (Å²) in [6, 6.07) is 13.4. The van der Waals surface area contributed by atoms with Crippen LogP contribution >= 0.6 is 0 Å². The molecule has 0 unspecified atom stereocenters. The molecule has 3 heteroatoms. The number of nitrogens with zero attached hydrogens (tertiary/aromatic N) is 1. The van der Waals surface area contributed by atoms with E-state index in [1.54, 1.807) is 12.3 Å². The zero-order valence-electron chi connectivity index (χ0n) is 8.31. The maximum absolute atomic E-state index is 9.83. The minimum atomic E-state index is 0. The zero-order chi connectivity index (χ0) is 10.3. The third-order valence-corrected chi connectivity index (χ3v) is 2.59. The molecule has 3 aromatic rings. The number of aromatic hydroxyl groups is 1. The SMILES string of the molecule is Oc1cccc2ccc3cccnc3c12.[Cu]. The molecule has 3 rings (SSSR count). The largest absolute Gasteiger partial charge is 0.507 e. The van der Waals surface area contributed by atoms with Crippen molar-refractivity contribution < 1.29 is 22.2 Å². The van der Waals surface area contributed by atoms with Gasteiger partial charge in [-0.25, -0.2) is 0 Å². The van der Waals surface area contributed by atoms with Crippen LogP contribution in [0.25, 0.3) is 21.7 Å². The molecular formula is C13H9CuNO. The van der Waals surface area contributed by atoms with Crippen LogP contribution in [0.1, 0.15) is 0 Å². The van der Waals surface area contributed by atoms with Gasteiger partial charge in [0.05, 0.1) is 5.52 Å². The maximum atomic E-state index is 9.83. The van der Waals surface area contributed by atoms with Crippen LogP contribution < -0.4 is 0 Å². The van der Waals surface area contributed by atoms with Gasteiger partial charge in [-0.15, -0.1) is 0 Å². The van der Waals surface area contributed by atoms with Gasteiger partial charge in [0.1, 0.15) is 5.75 Å². The molecular weight excluding hydrogens is 250 g/mol. The summed E-state index contributed by atoms with van der Waals surface area (Å²) in [4.78, 5) is 4.31. The van der Waals surface area contributed by atoms with E-state index < -0.39 is 0 Å². The minimum absolute atomic E-state index is 0. The van der Waals surface area contributed by atoms with Crippen molar-refractivity contribution in [2.45, 2.75) is 0 Å². The summed E-state index contributed by atoms with van der Waals surface area (Å²) in [7, 11) is 0. The molecule has 0 atom stereocenters. The monoisotopic (exact) mass is 258 g/mol. The van der Waals surface area contributed by atoms with Gasteiger partial charge >= 0.3 is 0 Å². The van der Waals surface area contributed by atoms with Crippen molar-refractivity contribution in [3.8, 4) is 5.75 Å². The molecule has 0 spiro atoms. The van der Waals surface area contributed by atoms with Gasteiger partial charge in [0.25, 0.3) is 0 Å². The number of pyridine rings is 1. The van der Waals surface area contributed by atoms with Gasteiger partial charge in [0, 0.05) is 34.0 Å². The van der Waals surface area contributed by atoms with Crippen molar-refractivity contribution in [1.29, 1.82) is 0 Å². The van der Waals surface area contributed by atoms with Gasteiger partial charge in [0.15, 0.2) is 0 Å². The second kappa shape index (κ2) is 4.12. The minimum Gasteiger partial charge on any atom is -0.507 e. The third-order valence-electron chi connectivity index (χ3n) is 2.59. The molecule has 1 heterocycles. The molecule has 0 aliphatic rings. The van der Waals surface area contributed by atoms with E-state index in [-0.39, 0.29) is 22.8 Å². The second-order valence-electron chi connectivity index (χ2n) is 3.52. The van der Waals surface area contributed by atoms with Crippen LogP contribution in [-0.4, -0.2) is 10.1 Å². The number of benzene rings is 2. The molecule has 83 valence electrons. The zero-order valence-corrected chi connectivity index (χ0v) is 9.26. The van der Waals surface area contributed by atoms with Crippen LogP contribution in [0.3, 0.4) is 0 Å². The molecule has 2 aromatic carbocycles. The van der Waals surface area contributed by atoms with Gasteiger partial charge < -0.3 is 5.11 Å². The summed E-state index contributed by atoms with van der Waals surface area (Å²) < 4.78 is 0. The molecule has 1 radical (unpaired) electrons. The predicted octanol–water partition coefficient (Wildman–Crippen LogP) is 3.09. The standard InChI is InChI=1S/C13H9NO.Cu/c15-11-5-1-3-9-6-7-10-4-2-8-14-13(10)12(9)11;/h1-8,15H;. The van der Waals surface area contributed by atoms with Crippen molar-refractivity contribution in [2.75, 3.05) is 0 Å². The molecule has 1 N–H and O–H groups in total. The molecule has 0 fully saturated rings. The first-order valence-corrected chi connectivity index (χ1v) is 4.82. The number of hydrogen-bond donors (Lipinski definition) is 1. The number of rotatable bonds is 0. The Morgan fingerprint density at radius 2 is 1.62 bits per heavy atom. The van der Waals surface area contributed by atoms with E-state index >= 15 is 0 Å². The van der Waals surface area contributed by atoms with Gasteiger partial charge in [-0.2, -0.15) is 0 Å². The first-order valence-electron chi connectivity index (χ1n) is 4.82. The van der Waals surface area contributed by atoms with E-state index in [1.165, 1.54) is 0 Å². The summed E-state index contributed by atoms with van der Waals surface area (Å²) in [6.45, 7) is 0. The Kier molecular flexibility index (Phi) is 2.82. The van der Waals surface area contributed by atoms with Crippen LogP contribution in [0.15, 0.2) is 48.7 Å². The Hall–Kier alpha value is -1.57. The average Bonchev–Trinajstić information content (AvgIpc) is 2.29. The summed E-state index contributed by atoms with van der Waals surface area (Å²) in [5.41, 5.74) is 0.855. The average molecular weight is 259 g/mol. The van der Waals surface area contributed by atoms with E-state index in [4.69, 9.17) is 0 Å². The molecule has 0 aliphatic heterocycles. The van der Waals surface area contributed by atoms with E-state index in [9.17, 15) is 5.11 Å². The van der Waals surface area contributed by atoms with E-state index in [0.29, 0.717) is 0 Å². The Labute approximate surface area is 103 Å². The summed E-state index contributed by atoms with van der Waals surface area (Å²) in [5.74, 6) is 0.289. The van der Waals surface area contributed by atoms with Gasteiger partial charge in [-0.3, -0.25) is 4.98 Å². The number of phenols is 1. The fraction of sp³-hybridized carbons (Fsp3) is 0. The smallest absolute Gasteiger partial charge is 0.125 e. The molecule has 1 aromatic heterocycles. The molecule has 0 aliphatic carbocycles. The first kappa shape index (κ1) is 10.9. The fourth-order valence-corrected chi connectivity index (χ4v) is 1.90. The maximum Gasteiger partial charge on any atom is 0.125 e. The third kappa shape index (κ3) is 1.54. The quantitative estimate of drug-likeness (QED) is 0.497. The number of hydrogen-bond acceptors (Lipinski definition) is 2. The van der Waals surface area contributed by atoms with Crippen molar-refractivity contribution >= 4 is 21.7 Å². The number of phenolic OH excluding ortho intramolecular Hbond substituents is 1. The van der Waals surface area contributed by atoms with E-state index in [2.05, 4.69) is 4.98 Å². The molecule has 0 amide bonds. The Bertz CT molecular complexity index is 652. The van der Waals surface area contributed by atoms with Crippen LogP contribution in [0.4, 0.5) is 0 Å². The number of aromatic nitrogens is 1. The van der Waals surface area contributed by atoms with Crippen LogP contribution in [0.2, 0.25) is 0 Å². The van der Waals surface area contributed by atoms with Crippen molar-refractivity contribution in [3.05, 3.63) is 48.7 Å². The van der Waals surface area contributed by atoms with E-state index in [0.717, 1.165) is 21.7 Å². The molecule has 0 saturated carbocycles. The Balaban J connectivity index is 0.000000963. The van der Waals surface area contributed by atoms with Crippen molar-refractivity contribution in [3.63, 3.8) is 0 Å². The van der Waals surface area contributed by atoms with Gasteiger partial charge in [-0.05, 0) is 17.5 Å². The van der Waals surface area contributed by atoms with Crippen LogP contribution in [0.5, 0.6) is 5.75 Å². The second-order valence-corrected chi connectivity index (χ2v) is 3.52. The van der Waals surface area contributed by atoms with Crippen LogP contribution in [-0.2, 0) is 17.1 Å². The molecule has 16 heavy (non-hydrogen) atoms. The predicted molar refractivity (Wildman–Crippen MR) is 60.9 cm³/mol. The van der Waals surface area contributed by atoms with Crippen LogP contribution in [0, 0.1) is 0 Å². The van der Waals surface area contributed by atoms with Crippen molar-refractivity contribution in [1.82, 2.24) is 4.98 Å². The molecule has 0 saturated heterocycles. The fourth-order valence-electron chi connectivity index (χ4n) is 1.90. The van der Waals surface area contributed by atoms with Crippen molar-refractivity contribution in [2.24, 2.45) is 0 Å². The molecule has 2 nitrogen and oxygen atoms in total. The van der Waals surface area contributed by atoms with Gasteiger partial charge in [0.2, 0.25) is 0 Å². The first-order chi connectivity index (χ1) is 7.36. The topological polar surface area (TPSA) is 33.1 Å².